The third-order valence-electron chi connectivity index (χ3n) is 2.93. The summed E-state index contributed by atoms with van der Waals surface area (Å²) in [5, 5.41) is 8.90. The van der Waals surface area contributed by atoms with E-state index in [0.29, 0.717) is 24.3 Å². The van der Waals surface area contributed by atoms with E-state index in [9.17, 15) is 9.59 Å². The Balaban J connectivity index is 2.08. The number of ether oxygens (including phenoxy) is 2. The maximum absolute atomic E-state index is 11.1. The zero-order chi connectivity index (χ0) is 15.9. The Morgan fingerprint density at radius 1 is 1.18 bits per heavy atom. The van der Waals surface area contributed by atoms with Gasteiger partial charge in [-0.25, -0.2) is 9.78 Å². The normalized spacial score (nSPS) is 10.0. The predicted molar refractivity (Wildman–Crippen MR) is 78.0 cm³/mol. The first-order valence-corrected chi connectivity index (χ1v) is 6.61. The molecule has 0 unspecified atom stereocenters. The summed E-state index contributed by atoms with van der Waals surface area (Å²) in [5.74, 6) is -0.439. The van der Waals surface area contributed by atoms with Crippen molar-refractivity contribution in [1.29, 1.82) is 0 Å². The van der Waals surface area contributed by atoms with Crippen molar-refractivity contribution in [2.24, 2.45) is 0 Å². The van der Waals surface area contributed by atoms with E-state index in [-0.39, 0.29) is 11.7 Å². The highest BCUT2D eigenvalue weighted by Crippen LogP contribution is 2.23. The lowest BCUT2D eigenvalue weighted by Gasteiger charge is -2.08. The van der Waals surface area contributed by atoms with Gasteiger partial charge in [-0.3, -0.25) is 4.79 Å². The van der Waals surface area contributed by atoms with Crippen LogP contribution < -0.4 is 4.74 Å². The predicted octanol–water partition coefficient (Wildman–Crippen LogP) is 2.68. The van der Waals surface area contributed by atoms with Gasteiger partial charge < -0.3 is 14.6 Å². The molecule has 0 aliphatic heterocycles. The third-order valence-corrected chi connectivity index (χ3v) is 2.93. The van der Waals surface area contributed by atoms with E-state index in [1.807, 2.05) is 6.07 Å². The van der Waals surface area contributed by atoms with Crippen LogP contribution in [-0.4, -0.2) is 29.1 Å². The summed E-state index contributed by atoms with van der Waals surface area (Å²) in [6.45, 7) is 0. The van der Waals surface area contributed by atoms with Crippen molar-refractivity contribution in [3.05, 3.63) is 53.9 Å². The van der Waals surface area contributed by atoms with E-state index in [1.54, 1.807) is 24.3 Å². The smallest absolute Gasteiger partial charge is 0.354 e. The van der Waals surface area contributed by atoms with Gasteiger partial charge >= 0.3 is 11.9 Å². The lowest BCUT2D eigenvalue weighted by atomic mass is 10.1. The molecule has 1 aromatic carbocycles. The van der Waals surface area contributed by atoms with Crippen LogP contribution in [0.4, 0.5) is 0 Å². The number of hydrogen-bond donors (Lipinski definition) is 1. The van der Waals surface area contributed by atoms with Crippen molar-refractivity contribution in [3.8, 4) is 11.5 Å². The van der Waals surface area contributed by atoms with Gasteiger partial charge in [0.25, 0.3) is 0 Å². The van der Waals surface area contributed by atoms with E-state index >= 15 is 0 Å². The Bertz CT molecular complexity index is 684. The fraction of sp³-hybridized carbons (Fsp3) is 0.188. The number of aromatic carboxylic acids is 1. The number of pyridine rings is 1. The summed E-state index contributed by atoms with van der Waals surface area (Å²) in [4.78, 5) is 25.7. The van der Waals surface area contributed by atoms with Gasteiger partial charge in [0.15, 0.2) is 5.69 Å². The van der Waals surface area contributed by atoms with Crippen molar-refractivity contribution in [2.75, 3.05) is 7.11 Å². The second-order valence-electron chi connectivity index (χ2n) is 4.51. The van der Waals surface area contributed by atoms with Crippen molar-refractivity contribution in [2.45, 2.75) is 12.8 Å². The maximum atomic E-state index is 11.1. The molecule has 1 N–H and O–H groups in total. The summed E-state index contributed by atoms with van der Waals surface area (Å²) in [7, 11) is 1.35. The number of methoxy groups -OCH3 is 1. The molecule has 1 heterocycles. The molecule has 0 spiro atoms. The standard InChI is InChI=1S/C16H15NO5/c1-21-15(18)6-5-11-3-2-4-12(9-11)22-13-7-8-17-14(10-13)16(19)20/h2-4,7-10H,5-6H2,1H3,(H,19,20). The molecular weight excluding hydrogens is 286 g/mol. The quantitative estimate of drug-likeness (QED) is 0.826. The summed E-state index contributed by atoms with van der Waals surface area (Å²) in [5.41, 5.74) is 0.842. The highest BCUT2D eigenvalue weighted by Gasteiger charge is 2.07. The Labute approximate surface area is 127 Å². The number of benzene rings is 1. The molecule has 0 amide bonds. The Hall–Kier alpha value is -2.89. The van der Waals surface area contributed by atoms with Crippen molar-refractivity contribution in [3.63, 3.8) is 0 Å². The molecule has 114 valence electrons. The Morgan fingerprint density at radius 2 is 1.95 bits per heavy atom. The first-order valence-electron chi connectivity index (χ1n) is 6.61. The van der Waals surface area contributed by atoms with Gasteiger partial charge in [-0.15, -0.1) is 0 Å². The Morgan fingerprint density at radius 3 is 2.68 bits per heavy atom. The van der Waals surface area contributed by atoms with E-state index < -0.39 is 5.97 Å². The first-order chi connectivity index (χ1) is 10.6. The fourth-order valence-electron chi connectivity index (χ4n) is 1.84. The second-order valence-corrected chi connectivity index (χ2v) is 4.51. The summed E-state index contributed by atoms with van der Waals surface area (Å²) < 4.78 is 10.2. The fourth-order valence-corrected chi connectivity index (χ4v) is 1.84. The number of carboxylic acid groups (broad SMARTS) is 1. The van der Waals surface area contributed by atoms with Gasteiger partial charge in [0.1, 0.15) is 11.5 Å². The average molecular weight is 301 g/mol. The second kappa shape index (κ2) is 7.21. The van der Waals surface area contributed by atoms with E-state index in [0.717, 1.165) is 5.56 Å². The number of carboxylic acids is 1. The minimum Gasteiger partial charge on any atom is -0.477 e. The zero-order valence-electron chi connectivity index (χ0n) is 12.0. The number of esters is 1. The summed E-state index contributed by atoms with van der Waals surface area (Å²) in [6.07, 6.45) is 2.21. The number of carbonyl (C=O) groups excluding carboxylic acids is 1. The van der Waals surface area contributed by atoms with Crippen LogP contribution in [0, 0.1) is 0 Å². The molecule has 2 aromatic rings. The highest BCUT2D eigenvalue weighted by molar-refractivity contribution is 5.85. The minimum absolute atomic E-state index is 0.0839. The molecule has 2 rings (SSSR count). The number of carbonyl (C=O) groups is 2. The topological polar surface area (TPSA) is 85.7 Å². The molecule has 0 aliphatic carbocycles. The molecule has 0 radical (unpaired) electrons. The molecule has 6 heteroatoms. The largest absolute Gasteiger partial charge is 0.477 e. The number of aryl methyl sites for hydroxylation is 1. The van der Waals surface area contributed by atoms with Gasteiger partial charge in [0.05, 0.1) is 7.11 Å². The van der Waals surface area contributed by atoms with Crippen molar-refractivity contribution in [1.82, 2.24) is 4.98 Å². The van der Waals surface area contributed by atoms with E-state index in [2.05, 4.69) is 9.72 Å². The Kier molecular flexibility index (Phi) is 5.08. The summed E-state index contributed by atoms with van der Waals surface area (Å²) in [6, 6.07) is 10.2. The number of aromatic nitrogens is 1. The van der Waals surface area contributed by atoms with Crippen LogP contribution in [-0.2, 0) is 16.0 Å². The molecule has 22 heavy (non-hydrogen) atoms. The molecule has 0 saturated heterocycles. The third kappa shape index (κ3) is 4.31. The molecule has 0 atom stereocenters. The van der Waals surface area contributed by atoms with Gasteiger partial charge in [-0.05, 0) is 30.2 Å². The van der Waals surface area contributed by atoms with Crippen LogP contribution in [0.15, 0.2) is 42.6 Å². The molecule has 0 saturated carbocycles. The van der Waals surface area contributed by atoms with Crippen molar-refractivity contribution >= 4 is 11.9 Å². The molecule has 0 bridgehead atoms. The molecule has 1 aromatic heterocycles. The number of nitrogens with zero attached hydrogens (tertiary/aromatic N) is 1. The molecule has 6 nitrogen and oxygen atoms in total. The lowest BCUT2D eigenvalue weighted by Crippen LogP contribution is -2.02. The van der Waals surface area contributed by atoms with Crippen LogP contribution in [0.2, 0.25) is 0 Å². The SMILES string of the molecule is COC(=O)CCc1cccc(Oc2ccnc(C(=O)O)c2)c1. The van der Waals surface area contributed by atoms with Crippen LogP contribution in [0.5, 0.6) is 11.5 Å². The van der Waals surface area contributed by atoms with E-state index in [1.165, 1.54) is 19.4 Å². The zero-order valence-corrected chi connectivity index (χ0v) is 12.0. The van der Waals surface area contributed by atoms with Crippen molar-refractivity contribution < 1.29 is 24.2 Å². The van der Waals surface area contributed by atoms with Crippen LogP contribution >= 0.6 is 0 Å². The molecule has 0 fully saturated rings. The average Bonchev–Trinajstić information content (AvgIpc) is 2.53. The first kappa shape index (κ1) is 15.5. The van der Waals surface area contributed by atoms with Gasteiger partial charge in [0, 0.05) is 18.7 Å². The van der Waals surface area contributed by atoms with Gasteiger partial charge in [-0.1, -0.05) is 12.1 Å². The maximum Gasteiger partial charge on any atom is 0.354 e. The van der Waals surface area contributed by atoms with Gasteiger partial charge in [-0.2, -0.15) is 0 Å². The van der Waals surface area contributed by atoms with Crippen LogP contribution in [0.25, 0.3) is 0 Å². The summed E-state index contributed by atoms with van der Waals surface area (Å²) >= 11 is 0. The lowest BCUT2D eigenvalue weighted by molar-refractivity contribution is -0.140. The minimum atomic E-state index is -1.11. The van der Waals surface area contributed by atoms with Gasteiger partial charge in [0.2, 0.25) is 0 Å². The monoisotopic (exact) mass is 301 g/mol. The van der Waals surface area contributed by atoms with E-state index in [4.69, 9.17) is 9.84 Å². The number of rotatable bonds is 6. The number of hydrogen-bond acceptors (Lipinski definition) is 5. The molecule has 0 aliphatic rings. The molecular formula is C16H15NO5. The van der Waals surface area contributed by atoms with Crippen LogP contribution in [0.3, 0.4) is 0 Å². The van der Waals surface area contributed by atoms with Crippen LogP contribution in [0.1, 0.15) is 22.5 Å². The highest BCUT2D eigenvalue weighted by atomic mass is 16.5.